The molecule has 1 aliphatic carbocycles. The van der Waals surface area contributed by atoms with Gasteiger partial charge in [0.25, 0.3) is 5.91 Å². The summed E-state index contributed by atoms with van der Waals surface area (Å²) >= 11 is 0. The van der Waals surface area contributed by atoms with Crippen molar-refractivity contribution in [1.29, 1.82) is 0 Å². The second kappa shape index (κ2) is 8.69. The summed E-state index contributed by atoms with van der Waals surface area (Å²) in [5.41, 5.74) is 5.64. The lowest BCUT2D eigenvalue weighted by atomic mass is 10.1. The first-order valence-electron chi connectivity index (χ1n) is 9.35. The van der Waals surface area contributed by atoms with Crippen LogP contribution in [0.3, 0.4) is 0 Å². The van der Waals surface area contributed by atoms with Gasteiger partial charge in [0, 0.05) is 5.69 Å². The van der Waals surface area contributed by atoms with Gasteiger partial charge in [-0.05, 0) is 73.6 Å². The van der Waals surface area contributed by atoms with E-state index in [2.05, 4.69) is 10.6 Å². The molecule has 3 rings (SSSR count). The van der Waals surface area contributed by atoms with Gasteiger partial charge in [0.05, 0.1) is 12.1 Å². The summed E-state index contributed by atoms with van der Waals surface area (Å²) in [5.74, 6) is -1.40. The summed E-state index contributed by atoms with van der Waals surface area (Å²) in [4.78, 5) is 36.0. The fourth-order valence-electron chi connectivity index (χ4n) is 3.22. The number of rotatable bonds is 6. The van der Waals surface area contributed by atoms with Crippen LogP contribution in [0, 0.1) is 13.8 Å². The third-order valence-electron chi connectivity index (χ3n) is 4.99. The van der Waals surface area contributed by atoms with Gasteiger partial charge in [0.15, 0.2) is 6.61 Å². The highest BCUT2D eigenvalue weighted by Gasteiger charge is 2.16. The maximum atomic E-state index is 12.1. The number of anilines is 1. The molecule has 0 saturated carbocycles. The largest absolute Gasteiger partial charge is 0.452 e. The topological polar surface area (TPSA) is 84.5 Å². The van der Waals surface area contributed by atoms with Crippen molar-refractivity contribution in [2.24, 2.45) is 0 Å². The molecule has 6 nitrogen and oxygen atoms in total. The first-order valence-corrected chi connectivity index (χ1v) is 9.35. The zero-order valence-electron chi connectivity index (χ0n) is 16.1. The van der Waals surface area contributed by atoms with E-state index in [1.165, 1.54) is 11.1 Å². The van der Waals surface area contributed by atoms with Gasteiger partial charge in [0.2, 0.25) is 5.91 Å². The van der Waals surface area contributed by atoms with Crippen molar-refractivity contribution in [2.75, 3.05) is 18.5 Å². The molecule has 0 radical (unpaired) electrons. The van der Waals surface area contributed by atoms with E-state index in [9.17, 15) is 14.4 Å². The van der Waals surface area contributed by atoms with E-state index in [4.69, 9.17) is 4.74 Å². The molecule has 2 aromatic rings. The smallest absolute Gasteiger partial charge is 0.338 e. The molecule has 0 bridgehead atoms. The number of esters is 1. The molecule has 0 aromatic heterocycles. The minimum atomic E-state index is -0.537. The van der Waals surface area contributed by atoms with Crippen molar-refractivity contribution in [3.63, 3.8) is 0 Å². The van der Waals surface area contributed by atoms with E-state index in [0.29, 0.717) is 11.3 Å². The van der Waals surface area contributed by atoms with Gasteiger partial charge in [-0.15, -0.1) is 0 Å². The molecule has 0 heterocycles. The molecule has 1 aliphatic rings. The van der Waals surface area contributed by atoms with Gasteiger partial charge in [-0.1, -0.05) is 18.2 Å². The van der Waals surface area contributed by atoms with E-state index < -0.39 is 18.5 Å². The Kier molecular flexibility index (Phi) is 6.09. The average molecular weight is 380 g/mol. The van der Waals surface area contributed by atoms with E-state index in [0.717, 1.165) is 30.4 Å². The third-order valence-corrected chi connectivity index (χ3v) is 4.99. The minimum Gasteiger partial charge on any atom is -0.452 e. The summed E-state index contributed by atoms with van der Waals surface area (Å²) in [6, 6.07) is 11.1. The van der Waals surface area contributed by atoms with Gasteiger partial charge in [-0.3, -0.25) is 9.59 Å². The fraction of sp³-hybridized carbons (Fsp3) is 0.318. The lowest BCUT2D eigenvalue weighted by molar-refractivity contribution is -0.126. The summed E-state index contributed by atoms with van der Waals surface area (Å²) < 4.78 is 5.05. The Morgan fingerprint density at radius 2 is 1.79 bits per heavy atom. The third kappa shape index (κ3) is 4.76. The Hall–Kier alpha value is -3.15. The van der Waals surface area contributed by atoms with Crippen LogP contribution in [0.2, 0.25) is 0 Å². The number of carbonyl (C=O) groups excluding carboxylic acids is 3. The maximum Gasteiger partial charge on any atom is 0.338 e. The molecule has 0 saturated heterocycles. The number of benzene rings is 2. The van der Waals surface area contributed by atoms with Gasteiger partial charge in [0.1, 0.15) is 0 Å². The molecule has 0 fully saturated rings. The van der Waals surface area contributed by atoms with E-state index in [1.807, 2.05) is 38.1 Å². The van der Waals surface area contributed by atoms with Crippen molar-refractivity contribution < 1.29 is 19.1 Å². The Balaban J connectivity index is 1.43. The molecule has 2 N–H and O–H groups in total. The first kappa shape index (κ1) is 19.6. The summed E-state index contributed by atoms with van der Waals surface area (Å²) in [6.07, 6.45) is 3.10. The van der Waals surface area contributed by atoms with E-state index in [-0.39, 0.29) is 12.5 Å². The van der Waals surface area contributed by atoms with Crippen LogP contribution in [-0.4, -0.2) is 30.9 Å². The number of fused-ring (bicyclic) bond motifs is 1. The van der Waals surface area contributed by atoms with Crippen LogP contribution in [0.1, 0.15) is 39.0 Å². The van der Waals surface area contributed by atoms with Gasteiger partial charge in [-0.25, -0.2) is 4.79 Å². The van der Waals surface area contributed by atoms with Gasteiger partial charge >= 0.3 is 5.97 Å². The summed E-state index contributed by atoms with van der Waals surface area (Å²) in [5, 5.41) is 5.22. The molecule has 0 unspecified atom stereocenters. The number of hydrogen-bond acceptors (Lipinski definition) is 4. The number of amides is 2. The average Bonchev–Trinajstić information content (AvgIpc) is 3.16. The van der Waals surface area contributed by atoms with Gasteiger partial charge < -0.3 is 15.4 Å². The Bertz CT molecular complexity index is 921. The van der Waals surface area contributed by atoms with Crippen LogP contribution < -0.4 is 10.6 Å². The van der Waals surface area contributed by atoms with Crippen molar-refractivity contribution in [2.45, 2.75) is 33.1 Å². The SMILES string of the molecule is Cc1cccc(NC(=O)CNC(=O)COC(=O)c2ccc3c(c2)CCC3)c1C. The molecule has 2 amide bonds. The first-order chi connectivity index (χ1) is 13.4. The summed E-state index contributed by atoms with van der Waals surface area (Å²) in [6.45, 7) is 3.26. The Labute approximate surface area is 164 Å². The van der Waals surface area contributed by atoms with Crippen molar-refractivity contribution >= 4 is 23.5 Å². The second-order valence-corrected chi connectivity index (χ2v) is 6.99. The zero-order valence-corrected chi connectivity index (χ0v) is 16.1. The minimum absolute atomic E-state index is 0.192. The molecule has 0 atom stereocenters. The molecule has 2 aromatic carbocycles. The Morgan fingerprint density at radius 3 is 2.61 bits per heavy atom. The van der Waals surface area contributed by atoms with Crippen LogP contribution in [0.15, 0.2) is 36.4 Å². The predicted molar refractivity (Wildman–Crippen MR) is 106 cm³/mol. The molecule has 0 spiro atoms. The zero-order chi connectivity index (χ0) is 20.1. The fourth-order valence-corrected chi connectivity index (χ4v) is 3.22. The molecule has 146 valence electrons. The van der Waals surface area contributed by atoms with Crippen LogP contribution in [-0.2, 0) is 27.2 Å². The molecule has 6 heteroatoms. The monoisotopic (exact) mass is 380 g/mol. The number of carbonyl (C=O) groups is 3. The van der Waals surface area contributed by atoms with Crippen LogP contribution in [0.25, 0.3) is 0 Å². The summed E-state index contributed by atoms with van der Waals surface area (Å²) in [7, 11) is 0. The molecular weight excluding hydrogens is 356 g/mol. The quantitative estimate of drug-likeness (QED) is 0.755. The van der Waals surface area contributed by atoms with Crippen molar-refractivity contribution in [1.82, 2.24) is 5.32 Å². The van der Waals surface area contributed by atoms with Crippen LogP contribution >= 0.6 is 0 Å². The van der Waals surface area contributed by atoms with Gasteiger partial charge in [-0.2, -0.15) is 0 Å². The predicted octanol–water partition coefficient (Wildman–Crippen LogP) is 2.70. The highest BCUT2D eigenvalue weighted by molar-refractivity contribution is 5.96. The lowest BCUT2D eigenvalue weighted by Crippen LogP contribution is -2.35. The number of hydrogen-bond donors (Lipinski definition) is 2. The van der Waals surface area contributed by atoms with Crippen LogP contribution in [0.4, 0.5) is 5.69 Å². The standard InChI is InChI=1S/C22H24N2O4/c1-14-5-3-8-19(15(14)2)24-20(25)12-23-21(26)13-28-22(27)18-10-9-16-6-4-7-17(16)11-18/h3,5,8-11H,4,6-7,12-13H2,1-2H3,(H,23,26)(H,24,25). The number of aryl methyl sites for hydroxylation is 3. The van der Waals surface area contributed by atoms with Crippen molar-refractivity contribution in [3.8, 4) is 0 Å². The highest BCUT2D eigenvalue weighted by atomic mass is 16.5. The second-order valence-electron chi connectivity index (χ2n) is 6.99. The van der Waals surface area contributed by atoms with Crippen LogP contribution in [0.5, 0.6) is 0 Å². The normalized spacial score (nSPS) is 12.2. The Morgan fingerprint density at radius 1 is 1.00 bits per heavy atom. The number of ether oxygens (including phenoxy) is 1. The number of nitrogens with one attached hydrogen (secondary N) is 2. The van der Waals surface area contributed by atoms with E-state index in [1.54, 1.807) is 12.1 Å². The molecule has 0 aliphatic heterocycles. The molecule has 28 heavy (non-hydrogen) atoms. The van der Waals surface area contributed by atoms with E-state index >= 15 is 0 Å². The maximum absolute atomic E-state index is 12.1. The lowest BCUT2D eigenvalue weighted by Gasteiger charge is -2.11. The molecular formula is C22H24N2O4. The highest BCUT2D eigenvalue weighted by Crippen LogP contribution is 2.23. The van der Waals surface area contributed by atoms with Crippen molar-refractivity contribution in [3.05, 3.63) is 64.2 Å².